The van der Waals surface area contributed by atoms with Crippen molar-refractivity contribution in [3.05, 3.63) is 47.5 Å². The number of carbonyl (C=O) groups is 1. The van der Waals surface area contributed by atoms with E-state index >= 15 is 0 Å². The first-order valence-corrected chi connectivity index (χ1v) is 5.61. The molecule has 1 rings (SSSR count). The topological polar surface area (TPSA) is 38.3 Å². The molecule has 0 aliphatic carbocycles. The molecule has 0 aliphatic heterocycles. The van der Waals surface area contributed by atoms with Crippen molar-refractivity contribution in [1.29, 1.82) is 0 Å². The van der Waals surface area contributed by atoms with Crippen molar-refractivity contribution in [3.8, 4) is 0 Å². The molecule has 0 heterocycles. The van der Waals surface area contributed by atoms with Gasteiger partial charge >= 0.3 is 5.97 Å². The molecule has 0 atom stereocenters. The first-order valence-electron chi connectivity index (χ1n) is 5.61. The average molecular weight is 255 g/mol. The van der Waals surface area contributed by atoms with Gasteiger partial charge in [0.15, 0.2) is 11.6 Å². The summed E-state index contributed by atoms with van der Waals surface area (Å²) in [5.74, 6) is -2.12. The first kappa shape index (κ1) is 14.3. The maximum atomic E-state index is 12.9. The molecule has 0 aromatic heterocycles. The molecule has 0 radical (unpaired) electrons. The van der Waals surface area contributed by atoms with Crippen molar-refractivity contribution in [1.82, 2.24) is 5.32 Å². The van der Waals surface area contributed by atoms with Crippen LogP contribution >= 0.6 is 0 Å². The molecule has 3 nitrogen and oxygen atoms in total. The fraction of sp³-hybridized carbons (Fsp3) is 0.308. The number of ether oxygens (including phenoxy) is 1. The van der Waals surface area contributed by atoms with E-state index in [1.54, 1.807) is 13.0 Å². The van der Waals surface area contributed by atoms with Gasteiger partial charge in [-0.2, -0.15) is 0 Å². The van der Waals surface area contributed by atoms with E-state index in [-0.39, 0.29) is 0 Å². The fourth-order valence-electron chi connectivity index (χ4n) is 1.29. The van der Waals surface area contributed by atoms with Gasteiger partial charge in [-0.25, -0.2) is 13.6 Å². The lowest BCUT2D eigenvalue weighted by Crippen LogP contribution is -2.13. The van der Waals surface area contributed by atoms with Gasteiger partial charge in [0.2, 0.25) is 0 Å². The highest BCUT2D eigenvalue weighted by Crippen LogP contribution is 2.08. The quantitative estimate of drug-likeness (QED) is 0.481. The van der Waals surface area contributed by atoms with Gasteiger partial charge in [-0.05, 0) is 24.6 Å². The Balaban J connectivity index is 2.29. The van der Waals surface area contributed by atoms with Crippen LogP contribution in [0.4, 0.5) is 8.78 Å². The highest BCUT2D eigenvalue weighted by Gasteiger charge is 2.01. The summed E-state index contributed by atoms with van der Waals surface area (Å²) in [6, 6.07) is 3.72. The van der Waals surface area contributed by atoms with Crippen molar-refractivity contribution in [2.75, 3.05) is 13.2 Å². The molecule has 0 bridgehead atoms. The summed E-state index contributed by atoms with van der Waals surface area (Å²) in [7, 11) is 0. The van der Waals surface area contributed by atoms with Gasteiger partial charge in [-0.15, -0.1) is 0 Å². The third kappa shape index (κ3) is 5.05. The summed E-state index contributed by atoms with van der Waals surface area (Å²) in [5.41, 5.74) is 0.637. The molecule has 0 saturated heterocycles. The molecular weight excluding hydrogens is 240 g/mol. The van der Waals surface area contributed by atoms with E-state index in [9.17, 15) is 13.6 Å². The molecule has 5 heteroatoms. The Bertz CT molecular complexity index is 433. The van der Waals surface area contributed by atoms with Crippen LogP contribution in [-0.4, -0.2) is 19.1 Å². The minimum atomic E-state index is -0.864. The fourth-order valence-corrected chi connectivity index (χ4v) is 1.29. The van der Waals surface area contributed by atoms with Crippen LogP contribution in [0.3, 0.4) is 0 Å². The summed E-state index contributed by atoms with van der Waals surface area (Å²) >= 11 is 0. The second-order valence-electron chi connectivity index (χ2n) is 3.53. The van der Waals surface area contributed by atoms with Crippen molar-refractivity contribution < 1.29 is 18.3 Å². The van der Waals surface area contributed by atoms with Crippen molar-refractivity contribution >= 4 is 5.97 Å². The molecule has 1 N–H and O–H groups in total. The van der Waals surface area contributed by atoms with Crippen LogP contribution in [0.15, 0.2) is 30.4 Å². The van der Waals surface area contributed by atoms with Crippen molar-refractivity contribution in [2.45, 2.75) is 13.5 Å². The Hall–Kier alpha value is -1.75. The lowest BCUT2D eigenvalue weighted by atomic mass is 10.2. The Morgan fingerprint density at radius 3 is 2.83 bits per heavy atom. The van der Waals surface area contributed by atoms with Crippen LogP contribution in [0, 0.1) is 11.6 Å². The molecule has 1 aromatic carbocycles. The third-order valence-electron chi connectivity index (χ3n) is 2.12. The summed E-state index contributed by atoms with van der Waals surface area (Å²) < 4.78 is 30.2. The van der Waals surface area contributed by atoms with E-state index in [1.165, 1.54) is 12.1 Å². The minimum absolute atomic E-state index is 0.339. The van der Waals surface area contributed by atoms with E-state index in [1.807, 2.05) is 0 Å². The Morgan fingerprint density at radius 1 is 1.39 bits per heavy atom. The number of benzene rings is 1. The van der Waals surface area contributed by atoms with Gasteiger partial charge in [0.05, 0.1) is 6.61 Å². The summed E-state index contributed by atoms with van der Waals surface area (Å²) in [4.78, 5) is 10.9. The average Bonchev–Trinajstić information content (AvgIpc) is 2.33. The monoisotopic (exact) mass is 255 g/mol. The lowest BCUT2D eigenvalue weighted by Gasteiger charge is -2.02. The van der Waals surface area contributed by atoms with Crippen LogP contribution in [0.1, 0.15) is 12.5 Å². The Morgan fingerprint density at radius 2 is 2.17 bits per heavy atom. The van der Waals surface area contributed by atoms with Crippen molar-refractivity contribution in [2.24, 2.45) is 0 Å². The molecule has 0 aliphatic rings. The van der Waals surface area contributed by atoms with Gasteiger partial charge < -0.3 is 10.1 Å². The minimum Gasteiger partial charge on any atom is -0.463 e. The third-order valence-corrected chi connectivity index (χ3v) is 2.12. The molecule has 1 aromatic rings. The van der Waals surface area contributed by atoms with E-state index < -0.39 is 17.6 Å². The second kappa shape index (κ2) is 7.55. The summed E-state index contributed by atoms with van der Waals surface area (Å²) in [6.45, 7) is 2.90. The number of hydrogen-bond donors (Lipinski definition) is 1. The number of rotatable bonds is 6. The number of hydrogen-bond acceptors (Lipinski definition) is 3. The number of carbonyl (C=O) groups excluding carboxylic acids is 1. The predicted octanol–water partition coefficient (Wildman–Crippen LogP) is 2.17. The molecule has 0 amide bonds. The highest BCUT2D eigenvalue weighted by atomic mass is 19.2. The Kier molecular flexibility index (Phi) is 6.00. The highest BCUT2D eigenvalue weighted by molar-refractivity contribution is 5.81. The largest absolute Gasteiger partial charge is 0.463 e. The van der Waals surface area contributed by atoms with Gasteiger partial charge in [-0.3, -0.25) is 0 Å². The van der Waals surface area contributed by atoms with Gasteiger partial charge in [0.25, 0.3) is 0 Å². The van der Waals surface area contributed by atoms with Crippen LogP contribution < -0.4 is 5.32 Å². The molecule has 0 spiro atoms. The van der Waals surface area contributed by atoms with E-state index in [0.29, 0.717) is 25.3 Å². The Labute approximate surface area is 104 Å². The summed E-state index contributed by atoms with van der Waals surface area (Å²) in [6.07, 6.45) is 2.93. The van der Waals surface area contributed by atoms with Gasteiger partial charge in [0, 0.05) is 19.2 Å². The van der Waals surface area contributed by atoms with Crippen LogP contribution in [0.5, 0.6) is 0 Å². The van der Waals surface area contributed by atoms with E-state index in [4.69, 9.17) is 4.74 Å². The van der Waals surface area contributed by atoms with Gasteiger partial charge in [-0.1, -0.05) is 12.1 Å². The standard InChI is InChI=1S/C13H15F2NO2/c1-2-18-13(17)4-3-7-16-9-10-5-6-11(14)12(15)8-10/h3-6,8,16H,2,7,9H2,1H3/b4-3+. The molecule has 0 fully saturated rings. The molecule has 18 heavy (non-hydrogen) atoms. The SMILES string of the molecule is CCOC(=O)/C=C/CNCc1ccc(F)c(F)c1. The van der Waals surface area contributed by atoms with E-state index in [2.05, 4.69) is 5.32 Å². The zero-order valence-corrected chi connectivity index (χ0v) is 10.1. The van der Waals surface area contributed by atoms with Gasteiger partial charge in [0.1, 0.15) is 0 Å². The normalized spacial score (nSPS) is 10.8. The zero-order valence-electron chi connectivity index (χ0n) is 10.1. The molecule has 0 unspecified atom stereocenters. The lowest BCUT2D eigenvalue weighted by molar-refractivity contribution is -0.137. The molecule has 98 valence electrons. The first-order chi connectivity index (χ1) is 8.63. The zero-order chi connectivity index (χ0) is 13.4. The van der Waals surface area contributed by atoms with Crippen LogP contribution in [-0.2, 0) is 16.1 Å². The molecular formula is C13H15F2NO2. The number of halogens is 2. The van der Waals surface area contributed by atoms with Crippen molar-refractivity contribution in [3.63, 3.8) is 0 Å². The summed E-state index contributed by atoms with van der Waals surface area (Å²) in [5, 5.41) is 2.96. The maximum Gasteiger partial charge on any atom is 0.330 e. The smallest absolute Gasteiger partial charge is 0.330 e. The van der Waals surface area contributed by atoms with E-state index in [0.717, 1.165) is 12.1 Å². The molecule has 0 saturated carbocycles. The maximum absolute atomic E-state index is 12.9. The number of nitrogens with one attached hydrogen (secondary N) is 1. The number of esters is 1. The van der Waals surface area contributed by atoms with Crippen LogP contribution in [0.25, 0.3) is 0 Å². The second-order valence-corrected chi connectivity index (χ2v) is 3.53. The van der Waals surface area contributed by atoms with Crippen LogP contribution in [0.2, 0.25) is 0 Å². The predicted molar refractivity (Wildman–Crippen MR) is 63.8 cm³/mol.